The zero-order valence-electron chi connectivity index (χ0n) is 13.9. The van der Waals surface area contributed by atoms with Gasteiger partial charge in [0, 0.05) is 24.2 Å². The number of rotatable bonds is 4. The molecule has 0 bridgehead atoms. The van der Waals surface area contributed by atoms with Crippen molar-refractivity contribution in [2.24, 2.45) is 0 Å². The molecule has 25 heavy (non-hydrogen) atoms. The predicted octanol–water partition coefficient (Wildman–Crippen LogP) is 2.10. The number of carbonyl (C=O) groups is 1. The van der Waals surface area contributed by atoms with Crippen LogP contribution in [0.1, 0.15) is 29.9 Å². The van der Waals surface area contributed by atoms with Crippen LogP contribution in [0, 0.1) is 0 Å². The lowest BCUT2D eigenvalue weighted by Crippen LogP contribution is -2.17. The second-order valence-electron chi connectivity index (χ2n) is 5.78. The van der Waals surface area contributed by atoms with E-state index in [1.807, 2.05) is 19.9 Å². The first-order valence-electron chi connectivity index (χ1n) is 8.08. The summed E-state index contributed by atoms with van der Waals surface area (Å²) in [5.74, 6) is 1.43. The normalized spacial score (nSPS) is 15.7. The Balaban J connectivity index is 1.69. The van der Waals surface area contributed by atoms with Gasteiger partial charge in [0.2, 0.25) is 0 Å². The summed E-state index contributed by atoms with van der Waals surface area (Å²) in [4.78, 5) is 20.8. The minimum atomic E-state index is -0.329. The Morgan fingerprint density at radius 1 is 1.44 bits per heavy atom. The van der Waals surface area contributed by atoms with Crippen LogP contribution < -0.4 is 14.8 Å². The van der Waals surface area contributed by atoms with Crippen molar-refractivity contribution in [3.05, 3.63) is 42.0 Å². The molecule has 128 valence electrons. The number of hydrogen-bond donors (Lipinski definition) is 1. The summed E-state index contributed by atoms with van der Waals surface area (Å²) in [6.45, 7) is 4.41. The van der Waals surface area contributed by atoms with E-state index >= 15 is 0 Å². The Labute approximate surface area is 143 Å². The molecule has 1 atom stereocenters. The Morgan fingerprint density at radius 3 is 3.16 bits per heavy atom. The third kappa shape index (κ3) is 2.75. The molecule has 0 saturated carbocycles. The topological polar surface area (TPSA) is 90.6 Å². The molecule has 0 aliphatic carbocycles. The number of carbonyl (C=O) groups excluding carboxylic acids is 1. The third-order valence-corrected chi connectivity index (χ3v) is 3.96. The summed E-state index contributed by atoms with van der Waals surface area (Å²) in [6.07, 6.45) is 3.82. The maximum Gasteiger partial charge on any atom is 0.274 e. The zero-order chi connectivity index (χ0) is 17.4. The molecule has 4 rings (SSSR count). The minimum Gasteiger partial charge on any atom is -0.492 e. The highest BCUT2D eigenvalue weighted by molar-refractivity contribution is 6.04. The molecule has 1 aliphatic heterocycles. The number of nitrogens with one attached hydrogen (secondary N) is 1. The summed E-state index contributed by atoms with van der Waals surface area (Å²) >= 11 is 0. The van der Waals surface area contributed by atoms with Crippen LogP contribution in [0.2, 0.25) is 0 Å². The molecular formula is C17H17N5O3. The molecule has 0 radical (unpaired) electrons. The highest BCUT2D eigenvalue weighted by Gasteiger charge is 2.23. The van der Waals surface area contributed by atoms with Gasteiger partial charge in [0.25, 0.3) is 11.7 Å². The van der Waals surface area contributed by atoms with Crippen LogP contribution >= 0.6 is 0 Å². The predicted molar refractivity (Wildman–Crippen MR) is 90.1 cm³/mol. The Bertz CT molecular complexity index is 953. The molecule has 1 amide bonds. The smallest absolute Gasteiger partial charge is 0.274 e. The quantitative estimate of drug-likeness (QED) is 0.783. The van der Waals surface area contributed by atoms with Gasteiger partial charge < -0.3 is 14.8 Å². The molecule has 8 heteroatoms. The Morgan fingerprint density at radius 2 is 2.32 bits per heavy atom. The number of ether oxygens (including phenoxy) is 2. The van der Waals surface area contributed by atoms with E-state index in [1.165, 1.54) is 17.0 Å². The molecule has 0 fully saturated rings. The van der Waals surface area contributed by atoms with Crippen molar-refractivity contribution in [3.63, 3.8) is 0 Å². The highest BCUT2D eigenvalue weighted by Crippen LogP contribution is 2.38. The van der Waals surface area contributed by atoms with Crippen molar-refractivity contribution in [3.8, 4) is 11.5 Å². The summed E-state index contributed by atoms with van der Waals surface area (Å²) in [7, 11) is 0. The standard InChI is InChI=1S/C17H17N5O3/c1-3-24-15-7-11-6-10(2)25-14(11)8-12(15)21-16(23)13-4-5-18-17-19-9-20-22(13)17/h4-5,7-10H,3,6H2,1-2H3,(H,21,23). The molecule has 1 N–H and O–H groups in total. The van der Waals surface area contributed by atoms with Crippen molar-refractivity contribution in [1.82, 2.24) is 19.6 Å². The van der Waals surface area contributed by atoms with Crippen LogP contribution in [0.3, 0.4) is 0 Å². The van der Waals surface area contributed by atoms with Crippen LogP contribution in [-0.2, 0) is 6.42 Å². The molecular weight excluding hydrogens is 322 g/mol. The van der Waals surface area contributed by atoms with Gasteiger partial charge in [-0.25, -0.2) is 4.98 Å². The molecule has 1 unspecified atom stereocenters. The summed E-state index contributed by atoms with van der Waals surface area (Å²) in [5.41, 5.74) is 1.97. The van der Waals surface area contributed by atoms with Gasteiger partial charge in [-0.1, -0.05) is 0 Å². The zero-order valence-corrected chi connectivity index (χ0v) is 13.9. The fourth-order valence-electron chi connectivity index (χ4n) is 2.91. The highest BCUT2D eigenvalue weighted by atomic mass is 16.5. The molecule has 1 aromatic carbocycles. The maximum absolute atomic E-state index is 12.7. The Kier molecular flexibility index (Phi) is 3.72. The summed E-state index contributed by atoms with van der Waals surface area (Å²) in [5, 5.41) is 6.91. The summed E-state index contributed by atoms with van der Waals surface area (Å²) < 4.78 is 12.9. The van der Waals surface area contributed by atoms with Gasteiger partial charge in [-0.3, -0.25) is 4.79 Å². The molecule has 0 saturated heterocycles. The van der Waals surface area contributed by atoms with Crippen molar-refractivity contribution in [2.45, 2.75) is 26.4 Å². The minimum absolute atomic E-state index is 0.116. The van der Waals surface area contributed by atoms with Crippen molar-refractivity contribution >= 4 is 17.4 Å². The van der Waals surface area contributed by atoms with Crippen molar-refractivity contribution in [1.29, 1.82) is 0 Å². The van der Waals surface area contributed by atoms with Gasteiger partial charge in [-0.2, -0.15) is 14.6 Å². The average molecular weight is 339 g/mol. The lowest BCUT2D eigenvalue weighted by molar-refractivity contribution is 0.101. The first kappa shape index (κ1) is 15.4. The second kappa shape index (κ2) is 6.04. The van der Waals surface area contributed by atoms with Gasteiger partial charge in [0.05, 0.1) is 12.3 Å². The molecule has 3 aromatic rings. The van der Waals surface area contributed by atoms with Crippen molar-refractivity contribution < 1.29 is 14.3 Å². The third-order valence-electron chi connectivity index (χ3n) is 3.96. The number of nitrogens with zero attached hydrogens (tertiary/aromatic N) is 4. The van der Waals surface area contributed by atoms with E-state index in [4.69, 9.17) is 9.47 Å². The van der Waals surface area contributed by atoms with Crippen LogP contribution in [0.5, 0.6) is 11.5 Å². The largest absolute Gasteiger partial charge is 0.492 e. The lowest BCUT2D eigenvalue weighted by atomic mass is 10.1. The van der Waals surface area contributed by atoms with E-state index in [9.17, 15) is 4.79 Å². The number of anilines is 1. The number of hydrogen-bond acceptors (Lipinski definition) is 6. The number of aromatic nitrogens is 4. The SMILES string of the molecule is CCOc1cc2c(cc1NC(=O)c1ccnc3ncnn13)OC(C)C2. The van der Waals surface area contributed by atoms with E-state index in [1.54, 1.807) is 12.1 Å². The van der Waals surface area contributed by atoms with E-state index in [-0.39, 0.29) is 12.0 Å². The van der Waals surface area contributed by atoms with Crippen molar-refractivity contribution in [2.75, 3.05) is 11.9 Å². The first-order valence-corrected chi connectivity index (χ1v) is 8.08. The van der Waals surface area contributed by atoms with E-state index in [0.717, 1.165) is 17.7 Å². The lowest BCUT2D eigenvalue weighted by Gasteiger charge is -2.13. The summed E-state index contributed by atoms with van der Waals surface area (Å²) in [6, 6.07) is 5.32. The Hall–Kier alpha value is -3.16. The van der Waals surface area contributed by atoms with Gasteiger partial charge in [-0.05, 0) is 26.0 Å². The second-order valence-corrected chi connectivity index (χ2v) is 5.78. The van der Waals surface area contributed by atoms with Crippen LogP contribution in [0.15, 0.2) is 30.7 Å². The molecule has 2 aromatic heterocycles. The molecule has 1 aliphatic rings. The van der Waals surface area contributed by atoms with E-state index < -0.39 is 0 Å². The van der Waals surface area contributed by atoms with Gasteiger partial charge in [0.15, 0.2) is 0 Å². The monoisotopic (exact) mass is 339 g/mol. The number of fused-ring (bicyclic) bond motifs is 2. The maximum atomic E-state index is 12.7. The molecule has 0 spiro atoms. The molecule has 3 heterocycles. The van der Waals surface area contributed by atoms with E-state index in [0.29, 0.717) is 29.5 Å². The van der Waals surface area contributed by atoms with Gasteiger partial charge >= 0.3 is 0 Å². The van der Waals surface area contributed by atoms with Gasteiger partial charge in [0.1, 0.15) is 29.6 Å². The average Bonchev–Trinajstić information content (AvgIpc) is 3.20. The number of amides is 1. The number of benzene rings is 1. The van der Waals surface area contributed by atoms with Crippen LogP contribution in [0.25, 0.3) is 5.78 Å². The fraction of sp³-hybridized carbons (Fsp3) is 0.294. The first-order chi connectivity index (χ1) is 12.2. The van der Waals surface area contributed by atoms with E-state index in [2.05, 4.69) is 20.4 Å². The fourth-order valence-corrected chi connectivity index (χ4v) is 2.91. The van der Waals surface area contributed by atoms with Crippen LogP contribution in [0.4, 0.5) is 5.69 Å². The van der Waals surface area contributed by atoms with Crippen LogP contribution in [-0.4, -0.2) is 38.2 Å². The molecule has 8 nitrogen and oxygen atoms in total. The van der Waals surface area contributed by atoms with Gasteiger partial charge in [-0.15, -0.1) is 0 Å².